The van der Waals surface area contributed by atoms with Gasteiger partial charge < -0.3 is 43.6 Å². The van der Waals surface area contributed by atoms with Crippen molar-refractivity contribution >= 4 is 135 Å². The maximum atomic E-state index is 12.1. The molecule has 0 saturated carbocycles. The molecule has 12 aromatic rings. The average Bonchev–Trinajstić information content (AvgIpc) is 1.18. The summed E-state index contributed by atoms with van der Waals surface area (Å²) in [4.78, 5) is 88.0. The highest BCUT2D eigenvalue weighted by molar-refractivity contribution is 6.34. The van der Waals surface area contributed by atoms with Gasteiger partial charge in [-0.15, -0.1) is 0 Å². The standard InChI is InChI=1S/C23H19ClN8O2.2C23H22ClN7O2/c1-3-19(33)31-4-6-32(7-5-31)22-15-8-14(10-25)29-23(20(15)26-12-27-22)34-21-13(2)17(24)9-18-16(21)11-28-30-18;2*1-4-18(32)31-8-7-30(11-14(31)3)22-15-5-6-25-23(20(15)26-12-27-22)33-21-16-10-28-29-17(16)9-13(2)19(21)24/h3,8-9,11-12H,1,4-7H2,2H3,(H,28,30);2*4-6,9-10,12,14H,1,7-8,11H2,2-3H3,(H,28,29)/t;2*14-/m.10/s1. The Hall–Kier alpha value is -11.7. The predicted octanol–water partition coefficient (Wildman–Crippen LogP) is 11.1. The van der Waals surface area contributed by atoms with Crippen LogP contribution < -0.4 is 28.9 Å². The molecule has 2 atom stereocenters. The van der Waals surface area contributed by atoms with E-state index in [9.17, 15) is 19.6 Å². The molecule has 9 aromatic heterocycles. The van der Waals surface area contributed by atoms with Crippen molar-refractivity contribution in [2.75, 3.05) is 80.1 Å². The molecule has 3 fully saturated rings. The molecule has 3 N–H and O–H groups in total. The fraction of sp³-hybridized carbons (Fsp3) is 0.246. The zero-order valence-corrected chi connectivity index (χ0v) is 57.0. The van der Waals surface area contributed by atoms with E-state index in [0.717, 1.165) is 60.7 Å². The normalized spacial score (nSPS) is 15.5. The van der Waals surface area contributed by atoms with Crippen molar-refractivity contribution in [2.24, 2.45) is 0 Å². The number of nitriles is 1. The first-order valence-corrected chi connectivity index (χ1v) is 32.8. The number of hydrogen-bond donors (Lipinski definition) is 3. The number of amides is 3. The lowest BCUT2D eigenvalue weighted by molar-refractivity contribution is -0.129. The van der Waals surface area contributed by atoms with Crippen LogP contribution in [0.25, 0.3) is 65.4 Å². The number of nitrogens with zero attached hydrogens (tertiary/aromatic N) is 19. The van der Waals surface area contributed by atoms with Crippen molar-refractivity contribution < 1.29 is 28.6 Å². The topological polar surface area (TPSA) is 324 Å². The van der Waals surface area contributed by atoms with E-state index in [0.29, 0.717) is 148 Å². The largest absolute Gasteiger partial charge is 0.436 e. The minimum atomic E-state index is -0.0960. The van der Waals surface area contributed by atoms with Crippen LogP contribution in [0.1, 0.15) is 36.2 Å². The van der Waals surface area contributed by atoms with E-state index in [-0.39, 0.29) is 41.4 Å². The maximum absolute atomic E-state index is 12.1. The monoisotopic (exact) mass is 1400 g/mol. The van der Waals surface area contributed by atoms with Crippen molar-refractivity contribution in [3.63, 3.8) is 0 Å². The average molecular weight is 1400 g/mol. The molecule has 506 valence electrons. The predicted molar refractivity (Wildman–Crippen MR) is 381 cm³/mol. The van der Waals surface area contributed by atoms with Crippen LogP contribution in [0.2, 0.25) is 15.1 Å². The second-order valence-corrected chi connectivity index (χ2v) is 25.0. The second-order valence-electron chi connectivity index (χ2n) is 23.8. The summed E-state index contributed by atoms with van der Waals surface area (Å²) >= 11 is 19.5. The summed E-state index contributed by atoms with van der Waals surface area (Å²) < 4.78 is 18.7. The Kier molecular flexibility index (Phi) is 19.0. The lowest BCUT2D eigenvalue weighted by Crippen LogP contribution is -2.54. The third-order valence-electron chi connectivity index (χ3n) is 17.6. The van der Waals surface area contributed by atoms with Crippen LogP contribution in [0.3, 0.4) is 0 Å². The number of benzene rings is 3. The Morgan fingerprint density at radius 1 is 0.520 bits per heavy atom. The number of fused-ring (bicyclic) bond motifs is 6. The van der Waals surface area contributed by atoms with Gasteiger partial charge >= 0.3 is 0 Å². The van der Waals surface area contributed by atoms with Gasteiger partial charge in [-0.05, 0) is 100 Å². The number of pyridine rings is 3. The van der Waals surface area contributed by atoms with Crippen LogP contribution in [0.4, 0.5) is 17.5 Å². The second kappa shape index (κ2) is 28.4. The van der Waals surface area contributed by atoms with Gasteiger partial charge in [-0.25, -0.2) is 44.9 Å². The highest BCUT2D eigenvalue weighted by Crippen LogP contribution is 2.44. The number of carbonyl (C=O) groups is 3. The molecule has 0 radical (unpaired) electrons. The number of anilines is 3. The molecule has 0 spiro atoms. The smallest absolute Gasteiger partial charge is 0.247 e. The first-order valence-electron chi connectivity index (χ1n) is 31.6. The third kappa shape index (κ3) is 12.9. The fourth-order valence-corrected chi connectivity index (χ4v) is 13.1. The number of H-pyrrole nitrogens is 3. The SMILES string of the molecule is C=CC(=O)N1CCN(c2ncnc3c(Oc4c(C)c(Cl)cc5[nH]ncc45)nc(C#N)cc23)CC1.C=CC(=O)N1CCN(c2ncnc3c(Oc4c(Cl)c(C)cc5[nH]ncc45)nccc23)C[C@@H]1C.C=CC(=O)N1CCN(c2ncnc3c(Oc4c(Cl)c(C)cc5[nH]ncc45)nccc23)C[C@H]1C. The lowest BCUT2D eigenvalue weighted by Gasteiger charge is -2.40. The summed E-state index contributed by atoms with van der Waals surface area (Å²) in [6.07, 6.45) is 16.8. The van der Waals surface area contributed by atoms with Gasteiger partial charge in [0.1, 0.15) is 70.5 Å². The first-order chi connectivity index (χ1) is 48.4. The van der Waals surface area contributed by atoms with Crippen molar-refractivity contribution in [1.82, 2.24) is 90.1 Å². The summed E-state index contributed by atoms with van der Waals surface area (Å²) in [5.41, 5.74) is 6.58. The van der Waals surface area contributed by atoms with E-state index in [1.165, 1.54) is 37.2 Å². The van der Waals surface area contributed by atoms with Gasteiger partial charge in [0, 0.05) is 111 Å². The molecule has 0 aliphatic carbocycles. The van der Waals surface area contributed by atoms with Crippen molar-refractivity contribution in [2.45, 2.75) is 46.7 Å². The molecule has 0 bridgehead atoms. The molecule has 3 amide bonds. The molecule has 12 heterocycles. The van der Waals surface area contributed by atoms with Crippen molar-refractivity contribution in [1.29, 1.82) is 5.26 Å². The first kappa shape index (κ1) is 66.9. The molecule has 0 unspecified atom stereocenters. The molecule has 28 nitrogen and oxygen atoms in total. The van der Waals surface area contributed by atoms with E-state index in [2.05, 4.69) is 116 Å². The van der Waals surface area contributed by atoms with Crippen LogP contribution in [0, 0.1) is 32.1 Å². The van der Waals surface area contributed by atoms with Crippen molar-refractivity contribution in [3.05, 3.63) is 162 Å². The molecule has 15 rings (SSSR count). The number of ether oxygens (including phenoxy) is 3. The van der Waals surface area contributed by atoms with Crippen LogP contribution >= 0.6 is 34.8 Å². The van der Waals surface area contributed by atoms with Gasteiger partial charge in [0.15, 0.2) is 11.5 Å². The highest BCUT2D eigenvalue weighted by Gasteiger charge is 2.32. The maximum Gasteiger partial charge on any atom is 0.247 e. The number of carbonyl (C=O) groups excluding carboxylic acids is 3. The Morgan fingerprint density at radius 2 is 0.940 bits per heavy atom. The van der Waals surface area contributed by atoms with E-state index in [1.807, 2.05) is 68.7 Å². The number of nitrogens with one attached hydrogen (secondary N) is 3. The lowest BCUT2D eigenvalue weighted by atomic mass is 10.1. The van der Waals surface area contributed by atoms with Gasteiger partial charge in [0.2, 0.25) is 35.4 Å². The van der Waals surface area contributed by atoms with Crippen LogP contribution in [0.15, 0.2) is 124 Å². The summed E-state index contributed by atoms with van der Waals surface area (Å²) in [6.45, 7) is 26.4. The Balaban J connectivity index is 0.000000134. The zero-order valence-electron chi connectivity index (χ0n) is 54.7. The molecule has 100 heavy (non-hydrogen) atoms. The number of aromatic amines is 3. The van der Waals surface area contributed by atoms with Crippen molar-refractivity contribution in [3.8, 4) is 41.0 Å². The van der Waals surface area contributed by atoms with Gasteiger partial charge in [-0.3, -0.25) is 29.7 Å². The van der Waals surface area contributed by atoms with Gasteiger partial charge in [-0.2, -0.15) is 20.6 Å². The van der Waals surface area contributed by atoms with Crippen LogP contribution in [0.5, 0.6) is 34.9 Å². The number of hydrogen-bond acceptors (Lipinski definition) is 22. The Bertz CT molecular complexity index is 5070. The van der Waals surface area contributed by atoms with Crippen LogP contribution in [-0.2, 0) is 14.4 Å². The van der Waals surface area contributed by atoms with Gasteiger partial charge in [0.05, 0.1) is 66.7 Å². The Labute approximate surface area is 585 Å². The Morgan fingerprint density at radius 3 is 1.39 bits per heavy atom. The van der Waals surface area contributed by atoms with Gasteiger partial charge in [0.25, 0.3) is 0 Å². The molecule has 3 aliphatic heterocycles. The van der Waals surface area contributed by atoms with E-state index in [1.54, 1.807) is 48.0 Å². The van der Waals surface area contributed by atoms with E-state index < -0.39 is 0 Å². The van der Waals surface area contributed by atoms with Gasteiger partial charge in [-0.1, -0.05) is 54.5 Å². The molecule has 3 aromatic carbocycles. The minimum Gasteiger partial charge on any atom is -0.436 e. The quantitative estimate of drug-likeness (QED) is 0.0957. The van der Waals surface area contributed by atoms with Crippen LogP contribution in [-0.4, -0.2) is 185 Å². The highest BCUT2D eigenvalue weighted by atomic mass is 35.5. The summed E-state index contributed by atoms with van der Waals surface area (Å²) in [5, 5.41) is 36.7. The number of rotatable bonds is 12. The summed E-state index contributed by atoms with van der Waals surface area (Å²) in [6, 6.07) is 13.1. The fourth-order valence-electron chi connectivity index (χ4n) is 12.5. The molecule has 3 saturated heterocycles. The summed E-state index contributed by atoms with van der Waals surface area (Å²) in [7, 11) is 0. The molecule has 31 heteroatoms. The van der Waals surface area contributed by atoms with E-state index in [4.69, 9.17) is 49.0 Å². The van der Waals surface area contributed by atoms with E-state index >= 15 is 0 Å². The third-order valence-corrected chi connectivity index (χ3v) is 19.0. The zero-order chi connectivity index (χ0) is 70.0. The molecular weight excluding hydrogens is 1340 g/mol. The summed E-state index contributed by atoms with van der Waals surface area (Å²) in [5.74, 6) is 4.25. The molecule has 3 aliphatic rings. The minimum absolute atomic E-state index is 0.0206. The number of piperazine rings is 3. The number of halogens is 3. The number of aryl methyl sites for hydroxylation is 2. The number of aromatic nitrogens is 15. The molecular formula is C69H63Cl3N22O6.